The van der Waals surface area contributed by atoms with Gasteiger partial charge in [0.25, 0.3) is 0 Å². The van der Waals surface area contributed by atoms with E-state index in [-0.39, 0.29) is 18.4 Å². The van der Waals surface area contributed by atoms with Crippen molar-refractivity contribution in [1.29, 1.82) is 0 Å². The van der Waals surface area contributed by atoms with Crippen molar-refractivity contribution in [3.63, 3.8) is 0 Å². The van der Waals surface area contributed by atoms with Crippen LogP contribution in [0.2, 0.25) is 10.0 Å². The van der Waals surface area contributed by atoms with E-state index in [0.717, 1.165) is 10.0 Å². The van der Waals surface area contributed by atoms with Gasteiger partial charge in [0.2, 0.25) is 0 Å². The Balaban J connectivity index is 0.00000208. The van der Waals surface area contributed by atoms with Crippen LogP contribution < -0.4 is 5.32 Å². The van der Waals surface area contributed by atoms with E-state index in [1.54, 1.807) is 18.2 Å². The summed E-state index contributed by atoms with van der Waals surface area (Å²) in [5.74, 6) is -0.286. The number of cyclic esters (lactones) is 1. The monoisotopic (exact) mass is 449 g/mol. The van der Waals surface area contributed by atoms with Crippen LogP contribution in [0.3, 0.4) is 0 Å². The number of hydrogen-bond donors (Lipinski definition) is 1. The second-order valence-electron chi connectivity index (χ2n) is 5.72. The summed E-state index contributed by atoms with van der Waals surface area (Å²) in [6.45, 7) is 1.92. The molecular weight excluding hydrogens is 436 g/mol. The van der Waals surface area contributed by atoms with E-state index in [4.69, 9.17) is 27.9 Å². The summed E-state index contributed by atoms with van der Waals surface area (Å²) < 4.78 is 6.62. The second kappa shape index (κ2) is 7.52. The van der Waals surface area contributed by atoms with E-state index in [9.17, 15) is 4.79 Å². The molecule has 7 heteroatoms. The molecule has 2 unspecified atom stereocenters. The van der Waals surface area contributed by atoms with Gasteiger partial charge in [0, 0.05) is 26.6 Å². The van der Waals surface area contributed by atoms with Gasteiger partial charge in [-0.05, 0) is 42.8 Å². The molecular formula is C17H15BrCl3NO2. The quantitative estimate of drug-likeness (QED) is 0.598. The molecule has 2 aromatic rings. The molecule has 2 atom stereocenters. The molecule has 3 rings (SSSR count). The van der Waals surface area contributed by atoms with E-state index >= 15 is 0 Å². The summed E-state index contributed by atoms with van der Waals surface area (Å²) in [7, 11) is 0. The van der Waals surface area contributed by atoms with Crippen molar-refractivity contribution >= 4 is 63.2 Å². The summed E-state index contributed by atoms with van der Waals surface area (Å²) >= 11 is 15.4. The zero-order valence-electron chi connectivity index (χ0n) is 12.7. The normalized spacial score (nSPS) is 22.7. The van der Waals surface area contributed by atoms with Gasteiger partial charge in [0.05, 0.1) is 0 Å². The molecule has 0 saturated carbocycles. The maximum atomic E-state index is 12.2. The van der Waals surface area contributed by atoms with Crippen molar-refractivity contribution in [2.45, 2.75) is 25.0 Å². The molecule has 24 heavy (non-hydrogen) atoms. The van der Waals surface area contributed by atoms with E-state index in [1.165, 1.54) is 0 Å². The molecule has 0 aliphatic carbocycles. The van der Waals surface area contributed by atoms with Crippen LogP contribution >= 0.6 is 51.5 Å². The van der Waals surface area contributed by atoms with E-state index in [1.807, 2.05) is 31.2 Å². The third-order valence-electron chi connectivity index (χ3n) is 3.86. The lowest BCUT2D eigenvalue weighted by Gasteiger charge is -2.23. The number of nitrogens with one attached hydrogen (secondary N) is 1. The molecule has 0 aromatic heterocycles. The fourth-order valence-electron chi connectivity index (χ4n) is 2.74. The van der Waals surface area contributed by atoms with E-state index in [0.29, 0.717) is 22.2 Å². The molecule has 1 heterocycles. The van der Waals surface area contributed by atoms with Crippen LogP contribution in [0, 0.1) is 0 Å². The molecule has 0 bridgehead atoms. The molecule has 2 aromatic carbocycles. The van der Waals surface area contributed by atoms with Gasteiger partial charge in [-0.15, -0.1) is 12.4 Å². The van der Waals surface area contributed by atoms with Gasteiger partial charge in [0.1, 0.15) is 11.6 Å². The van der Waals surface area contributed by atoms with E-state index < -0.39 is 11.6 Å². The molecule has 0 radical (unpaired) electrons. The van der Waals surface area contributed by atoms with Crippen molar-refractivity contribution in [1.82, 2.24) is 0 Å². The first kappa shape index (κ1) is 19.4. The molecule has 0 amide bonds. The number of benzene rings is 2. The van der Waals surface area contributed by atoms with Crippen molar-refractivity contribution in [2.75, 3.05) is 5.32 Å². The predicted octanol–water partition coefficient (Wildman–Crippen LogP) is 5.82. The minimum atomic E-state index is -0.655. The fraction of sp³-hybridized carbons (Fsp3) is 0.235. The Bertz CT molecular complexity index is 734. The average molecular weight is 452 g/mol. The molecule has 3 nitrogen and oxygen atoms in total. The van der Waals surface area contributed by atoms with Crippen LogP contribution in [0.15, 0.2) is 46.9 Å². The van der Waals surface area contributed by atoms with Crippen LogP contribution in [0.1, 0.15) is 18.9 Å². The number of rotatable bonds is 3. The molecule has 1 N–H and O–H groups in total. The Morgan fingerprint density at radius 1 is 1.17 bits per heavy atom. The van der Waals surface area contributed by atoms with Crippen molar-refractivity contribution < 1.29 is 9.53 Å². The SMILES string of the molecule is CC1(c2ccc(Br)cc2)CC(Nc2cc(Cl)cc(Cl)c2)C(=O)O1.Cl. The summed E-state index contributed by atoms with van der Waals surface area (Å²) in [6.07, 6.45) is 0.525. The van der Waals surface area contributed by atoms with Gasteiger partial charge in [-0.3, -0.25) is 0 Å². The van der Waals surface area contributed by atoms with Crippen LogP contribution in [-0.2, 0) is 15.1 Å². The molecule has 1 aliphatic rings. The molecule has 1 aliphatic heterocycles. The minimum absolute atomic E-state index is 0. The topological polar surface area (TPSA) is 38.3 Å². The summed E-state index contributed by atoms with van der Waals surface area (Å²) in [6, 6.07) is 12.4. The fourth-order valence-corrected chi connectivity index (χ4v) is 3.53. The Morgan fingerprint density at radius 2 is 1.75 bits per heavy atom. The zero-order valence-corrected chi connectivity index (χ0v) is 16.6. The first-order valence-corrected chi connectivity index (χ1v) is 8.62. The predicted molar refractivity (Wildman–Crippen MR) is 103 cm³/mol. The standard InChI is InChI=1S/C17H14BrCl2NO2.ClH/c1-17(10-2-4-11(18)5-3-10)9-15(16(22)23-17)21-14-7-12(19)6-13(20)8-14;/h2-8,15,21H,9H2,1H3;1H. The van der Waals surface area contributed by atoms with Crippen molar-refractivity contribution in [3.8, 4) is 0 Å². The Morgan fingerprint density at radius 3 is 2.33 bits per heavy atom. The van der Waals surface area contributed by atoms with Gasteiger partial charge >= 0.3 is 5.97 Å². The third-order valence-corrected chi connectivity index (χ3v) is 4.83. The highest BCUT2D eigenvalue weighted by Gasteiger charge is 2.44. The molecule has 1 fully saturated rings. The smallest absolute Gasteiger partial charge is 0.329 e. The van der Waals surface area contributed by atoms with Crippen LogP contribution in [-0.4, -0.2) is 12.0 Å². The highest BCUT2D eigenvalue weighted by molar-refractivity contribution is 9.10. The number of hydrogen-bond acceptors (Lipinski definition) is 3. The van der Waals surface area contributed by atoms with E-state index in [2.05, 4.69) is 21.2 Å². The van der Waals surface area contributed by atoms with Gasteiger partial charge in [0.15, 0.2) is 0 Å². The highest BCUT2D eigenvalue weighted by Crippen LogP contribution is 2.38. The van der Waals surface area contributed by atoms with Crippen molar-refractivity contribution in [3.05, 3.63) is 62.5 Å². The second-order valence-corrected chi connectivity index (χ2v) is 7.51. The lowest BCUT2D eigenvalue weighted by atomic mass is 9.91. The summed E-state index contributed by atoms with van der Waals surface area (Å²) in [5.41, 5.74) is 1.00. The van der Waals surface area contributed by atoms with Gasteiger partial charge < -0.3 is 10.1 Å². The molecule has 1 saturated heterocycles. The lowest BCUT2D eigenvalue weighted by molar-refractivity contribution is -0.148. The van der Waals surface area contributed by atoms with Gasteiger partial charge in [-0.1, -0.05) is 51.3 Å². The Hall–Kier alpha value is -0.940. The number of carbonyl (C=O) groups is 1. The summed E-state index contributed by atoms with van der Waals surface area (Å²) in [5, 5.41) is 4.19. The van der Waals surface area contributed by atoms with Gasteiger partial charge in [-0.2, -0.15) is 0 Å². The van der Waals surface area contributed by atoms with Crippen molar-refractivity contribution in [2.24, 2.45) is 0 Å². The maximum absolute atomic E-state index is 12.2. The number of carbonyl (C=O) groups excluding carboxylic acids is 1. The summed E-state index contributed by atoms with van der Waals surface area (Å²) in [4.78, 5) is 12.2. The zero-order chi connectivity index (χ0) is 16.6. The number of anilines is 1. The van der Waals surface area contributed by atoms with Crippen LogP contribution in [0.4, 0.5) is 5.69 Å². The average Bonchev–Trinajstić information content (AvgIpc) is 2.74. The largest absolute Gasteiger partial charge is 0.453 e. The molecule has 0 spiro atoms. The molecule has 128 valence electrons. The van der Waals surface area contributed by atoms with Crippen LogP contribution in [0.5, 0.6) is 0 Å². The highest BCUT2D eigenvalue weighted by atomic mass is 79.9. The van der Waals surface area contributed by atoms with Gasteiger partial charge in [-0.25, -0.2) is 4.79 Å². The Kier molecular flexibility index (Phi) is 6.08. The first-order chi connectivity index (χ1) is 10.9. The first-order valence-electron chi connectivity index (χ1n) is 7.07. The third kappa shape index (κ3) is 4.17. The maximum Gasteiger partial charge on any atom is 0.329 e. The Labute approximate surface area is 165 Å². The number of ether oxygens (including phenoxy) is 1. The minimum Gasteiger partial charge on any atom is -0.453 e. The number of esters is 1. The van der Waals surface area contributed by atoms with Crippen LogP contribution in [0.25, 0.3) is 0 Å². The number of halogens is 4. The lowest BCUT2D eigenvalue weighted by Crippen LogP contribution is -2.25.